The van der Waals surface area contributed by atoms with E-state index in [-0.39, 0.29) is 58.6 Å². The maximum Gasteiger partial charge on any atom is 0.280 e. The number of fused-ring (bicyclic) bond motifs is 2. The number of hydrogen-bond acceptors (Lipinski definition) is 9. The molecule has 0 radical (unpaired) electrons. The molecule has 1 aliphatic carbocycles. The highest BCUT2D eigenvalue weighted by Gasteiger charge is 2.63. The number of carbonyl (C=O) groups is 1. The number of ketones is 1. The average Bonchev–Trinajstić information content (AvgIpc) is 2.49. The van der Waals surface area contributed by atoms with Crippen molar-refractivity contribution < 1.29 is 61.7 Å². The largest absolute Gasteiger partial charge is 0.412 e. The molecule has 2 aliphatic heterocycles. The quantitative estimate of drug-likeness (QED) is 0.243. The summed E-state index contributed by atoms with van der Waals surface area (Å²) in [5, 5.41) is 37.2. The molecule has 3 fully saturated rings. The van der Waals surface area contributed by atoms with E-state index in [1.807, 2.05) is 0 Å². The van der Waals surface area contributed by atoms with Gasteiger partial charge < -0.3 is 67.5 Å². The molecule has 0 aromatic rings. The lowest BCUT2D eigenvalue weighted by molar-refractivity contribution is -0.420. The van der Waals surface area contributed by atoms with Gasteiger partial charge in [-0.1, -0.05) is 0 Å². The molecule has 30 heavy (non-hydrogen) atoms. The van der Waals surface area contributed by atoms with Gasteiger partial charge in [0.25, 0.3) is 5.79 Å². The van der Waals surface area contributed by atoms with Crippen molar-refractivity contribution in [2.45, 2.75) is 68.0 Å². The van der Waals surface area contributed by atoms with E-state index in [0.29, 0.717) is 0 Å². The molecule has 0 spiro atoms. The van der Waals surface area contributed by atoms with Crippen LogP contribution in [0, 0.1) is 0 Å². The zero-order valence-electron chi connectivity index (χ0n) is 16.6. The first-order valence-electron chi connectivity index (χ1n) is 7.78. The van der Waals surface area contributed by atoms with Crippen molar-refractivity contribution >= 4 is 30.6 Å². The second-order valence-corrected chi connectivity index (χ2v) is 6.40. The van der Waals surface area contributed by atoms with Gasteiger partial charge >= 0.3 is 0 Å². The third-order valence-electron chi connectivity index (χ3n) is 4.93. The molecule has 188 valence electrons. The molecule has 15 N–H and O–H groups in total. The van der Waals surface area contributed by atoms with E-state index < -0.39 is 60.5 Å². The summed E-state index contributed by atoms with van der Waals surface area (Å²) in [5.74, 6) is -2.76. The molecule has 9 atom stereocenters. The van der Waals surface area contributed by atoms with Gasteiger partial charge in [-0.3, -0.25) is 4.79 Å². The summed E-state index contributed by atoms with van der Waals surface area (Å²) < 4.78 is 16.8. The van der Waals surface area contributed by atoms with Gasteiger partial charge in [0.15, 0.2) is 5.78 Å². The lowest BCUT2D eigenvalue weighted by Gasteiger charge is -2.55. The molecular weight excluding hydrogens is 459 g/mol. The van der Waals surface area contributed by atoms with Crippen molar-refractivity contribution in [1.82, 2.24) is 10.6 Å². The Morgan fingerprint density at radius 1 is 0.900 bits per heavy atom. The molecule has 0 aromatic heterocycles. The van der Waals surface area contributed by atoms with Crippen molar-refractivity contribution in [2.75, 3.05) is 14.1 Å². The number of aliphatic hydroxyl groups is 3. The number of carbonyl (C=O) groups excluding carboxylic acids is 1. The standard InChI is InChI=1S/C14H24N2O7.2ClH.5H2O/c1-5-4-6(17)14(20)13(21-5)22-12-10(19)7(15-2)9(18)8(16-3)11(12)23-14;;;;;;;/h5,7-13,15-16,18-20H,4H2,1-3H3;2*1H;5*1H2/t5-,7-,8+,9+,10-,11-,12+,13+,14-;;;;;;;/m0......./s1. The number of ether oxygens (including phenoxy) is 3. The second kappa shape index (κ2) is 14.7. The first-order chi connectivity index (χ1) is 10.8. The third kappa shape index (κ3) is 6.16. The van der Waals surface area contributed by atoms with Crippen molar-refractivity contribution in [1.29, 1.82) is 0 Å². The molecule has 14 nitrogen and oxygen atoms in total. The lowest BCUT2D eigenvalue weighted by Crippen LogP contribution is -2.77. The van der Waals surface area contributed by atoms with Crippen molar-refractivity contribution in [3.8, 4) is 0 Å². The van der Waals surface area contributed by atoms with Gasteiger partial charge in [-0.25, -0.2) is 0 Å². The molecular formula is C14H36Cl2N2O12. The Labute approximate surface area is 185 Å². The van der Waals surface area contributed by atoms with E-state index in [4.69, 9.17) is 14.2 Å². The van der Waals surface area contributed by atoms with Crippen molar-refractivity contribution in [3.63, 3.8) is 0 Å². The SMILES string of the molecule is CN[C@H]1[C@@H](O)[C@@H](NC)[C@@H]2O[C@@]3(O)C(=O)C[C@H](C)O[C@@H]3O[C@@H]2[C@H]1O.Cl.Cl.O.O.O.O.O. The number of likely N-dealkylation sites (N-methyl/N-ethyl adjacent to an activating group) is 2. The summed E-state index contributed by atoms with van der Waals surface area (Å²) in [6.07, 6.45) is -5.58. The third-order valence-corrected chi connectivity index (χ3v) is 4.93. The smallest absolute Gasteiger partial charge is 0.280 e. The zero-order chi connectivity index (χ0) is 16.9. The minimum atomic E-state index is -2.23. The van der Waals surface area contributed by atoms with Gasteiger partial charge in [0.05, 0.1) is 24.3 Å². The highest BCUT2D eigenvalue weighted by atomic mass is 35.5. The molecule has 2 heterocycles. The maximum absolute atomic E-state index is 12.2. The first-order valence-corrected chi connectivity index (χ1v) is 7.78. The fourth-order valence-electron chi connectivity index (χ4n) is 3.68. The summed E-state index contributed by atoms with van der Waals surface area (Å²) in [6.45, 7) is 1.70. The van der Waals surface area contributed by atoms with Crippen LogP contribution in [0.3, 0.4) is 0 Å². The Morgan fingerprint density at radius 3 is 1.87 bits per heavy atom. The monoisotopic (exact) mass is 494 g/mol. The minimum Gasteiger partial charge on any atom is -0.412 e. The highest BCUT2D eigenvalue weighted by Crippen LogP contribution is 2.40. The summed E-state index contributed by atoms with van der Waals surface area (Å²) in [6, 6.07) is -1.29. The molecule has 16 heteroatoms. The number of hydrogen-bond donors (Lipinski definition) is 5. The number of halogens is 2. The summed E-state index contributed by atoms with van der Waals surface area (Å²) in [7, 11) is 3.24. The van der Waals surface area contributed by atoms with Crippen LogP contribution >= 0.6 is 24.8 Å². The Balaban J connectivity index is -0.000000298. The lowest BCUT2D eigenvalue weighted by atomic mass is 9.80. The number of nitrogens with one attached hydrogen (secondary N) is 2. The van der Waals surface area contributed by atoms with Gasteiger partial charge in [-0.2, -0.15) is 0 Å². The Bertz CT molecular complexity index is 496. The molecule has 3 rings (SSSR count). The summed E-state index contributed by atoms with van der Waals surface area (Å²) >= 11 is 0. The van der Waals surface area contributed by atoms with Crippen LogP contribution in [0.4, 0.5) is 0 Å². The van der Waals surface area contributed by atoms with Gasteiger partial charge in [0, 0.05) is 6.42 Å². The van der Waals surface area contributed by atoms with Gasteiger partial charge in [-0.15, -0.1) is 24.8 Å². The molecule has 0 bridgehead atoms. The van der Waals surface area contributed by atoms with Gasteiger partial charge in [0.2, 0.25) is 6.29 Å². The van der Waals surface area contributed by atoms with Crippen LogP contribution in [0.1, 0.15) is 13.3 Å². The van der Waals surface area contributed by atoms with Crippen LogP contribution in [-0.2, 0) is 19.0 Å². The molecule has 0 amide bonds. The summed E-state index contributed by atoms with van der Waals surface area (Å²) in [4.78, 5) is 12.2. The fraction of sp³-hybridized carbons (Fsp3) is 0.929. The number of rotatable bonds is 2. The van der Waals surface area contributed by atoms with Gasteiger partial charge in [0.1, 0.15) is 18.3 Å². The van der Waals surface area contributed by atoms with Crippen LogP contribution in [0.25, 0.3) is 0 Å². The molecule has 3 aliphatic rings. The predicted octanol–water partition coefficient (Wildman–Crippen LogP) is -6.21. The Kier molecular flexibility index (Phi) is 19.7. The first kappa shape index (κ1) is 40.1. The van der Waals surface area contributed by atoms with Crippen LogP contribution in [0.2, 0.25) is 0 Å². The Hall–Kier alpha value is -0.270. The molecule has 0 aromatic carbocycles. The zero-order valence-corrected chi connectivity index (χ0v) is 18.3. The van der Waals surface area contributed by atoms with E-state index in [0.717, 1.165) is 0 Å². The highest BCUT2D eigenvalue weighted by molar-refractivity contribution is 5.87. The van der Waals surface area contributed by atoms with E-state index in [1.165, 1.54) is 0 Å². The van der Waals surface area contributed by atoms with E-state index in [1.54, 1.807) is 21.0 Å². The average molecular weight is 495 g/mol. The van der Waals surface area contributed by atoms with Crippen LogP contribution in [0.15, 0.2) is 0 Å². The summed E-state index contributed by atoms with van der Waals surface area (Å²) in [5.41, 5.74) is 0. The van der Waals surface area contributed by atoms with Crippen LogP contribution in [0.5, 0.6) is 0 Å². The number of Topliss-reactive ketones (excluding diaryl/α,β-unsaturated/α-hetero) is 1. The van der Waals surface area contributed by atoms with Crippen LogP contribution < -0.4 is 10.6 Å². The van der Waals surface area contributed by atoms with Crippen molar-refractivity contribution in [3.05, 3.63) is 0 Å². The van der Waals surface area contributed by atoms with Crippen molar-refractivity contribution in [2.24, 2.45) is 0 Å². The second-order valence-electron chi connectivity index (χ2n) is 6.40. The predicted molar refractivity (Wildman–Crippen MR) is 109 cm³/mol. The fourth-order valence-corrected chi connectivity index (χ4v) is 3.68. The van der Waals surface area contributed by atoms with Crippen LogP contribution in [-0.4, -0.2) is 117 Å². The van der Waals surface area contributed by atoms with Gasteiger partial charge in [-0.05, 0) is 21.0 Å². The van der Waals surface area contributed by atoms with E-state index in [2.05, 4.69) is 10.6 Å². The molecule has 1 saturated carbocycles. The van der Waals surface area contributed by atoms with E-state index >= 15 is 0 Å². The number of aliphatic hydroxyl groups excluding tert-OH is 2. The Morgan fingerprint density at radius 2 is 1.40 bits per heavy atom. The molecule has 2 saturated heterocycles. The molecule has 0 unspecified atom stereocenters. The topological polar surface area (TPSA) is 287 Å². The normalized spacial score (nSPS) is 41.1. The van der Waals surface area contributed by atoms with E-state index in [9.17, 15) is 20.1 Å². The maximum atomic E-state index is 12.2. The minimum absolute atomic E-state index is 0.